The van der Waals surface area contributed by atoms with Crippen LogP contribution in [-0.2, 0) is 22.7 Å². The average molecular weight is 558 g/mol. The third kappa shape index (κ3) is 10.7. The Kier molecular flexibility index (Phi) is 14.9. The molecule has 1 aliphatic rings. The van der Waals surface area contributed by atoms with Crippen LogP contribution in [0.25, 0.3) is 10.9 Å². The SMILES string of the molecule is C=CC.CN(C)Cc1ccccc1.CNC1CN(C=O)C1.O=CCn1cc(C=O)c2cc(Br)ccc21. The van der Waals surface area contributed by atoms with E-state index in [1.54, 1.807) is 21.7 Å². The number of amides is 1. The standard InChI is InChI=1S/C11H8BrNO2.C9H13N.C5H10N2O.C3H6/c12-9-1-2-11-10(5-9)8(7-15)6-13(11)3-4-14;1-10(2)8-9-6-4-3-5-7-9;1-6-5-2-7(3-5)4-8;1-3-2/h1-2,4-7H,3H2;3-7H,8H2,1-2H3;4-6H,2-3H2,1H3;3H,1H2,2H3. The maximum absolute atomic E-state index is 10.8. The fourth-order valence-electron chi connectivity index (χ4n) is 3.35. The first-order chi connectivity index (χ1) is 17.3. The third-order valence-corrected chi connectivity index (χ3v) is 5.57. The van der Waals surface area contributed by atoms with Crippen molar-refractivity contribution >= 4 is 45.8 Å². The van der Waals surface area contributed by atoms with Gasteiger partial charge < -0.3 is 24.5 Å². The summed E-state index contributed by atoms with van der Waals surface area (Å²) < 4.78 is 2.68. The number of likely N-dealkylation sites (tertiary alicyclic amines) is 1. The van der Waals surface area contributed by atoms with E-state index in [4.69, 9.17) is 0 Å². The molecule has 0 unspecified atom stereocenters. The Morgan fingerprint density at radius 3 is 2.25 bits per heavy atom. The van der Waals surface area contributed by atoms with Crippen molar-refractivity contribution in [1.82, 2.24) is 19.7 Å². The summed E-state index contributed by atoms with van der Waals surface area (Å²) in [5.74, 6) is 0. The molecule has 1 N–H and O–H groups in total. The Balaban J connectivity index is 0.000000269. The molecule has 0 radical (unpaired) electrons. The van der Waals surface area contributed by atoms with Gasteiger partial charge in [-0.2, -0.15) is 0 Å². The third-order valence-electron chi connectivity index (χ3n) is 5.08. The smallest absolute Gasteiger partial charge is 0.209 e. The molecule has 0 bridgehead atoms. The highest BCUT2D eigenvalue weighted by Crippen LogP contribution is 2.24. The molecular weight excluding hydrogens is 520 g/mol. The number of benzene rings is 2. The molecule has 2 aromatic carbocycles. The van der Waals surface area contributed by atoms with Gasteiger partial charge in [0.15, 0.2) is 6.29 Å². The minimum absolute atomic E-state index is 0.270. The number of halogens is 1. The lowest BCUT2D eigenvalue weighted by molar-refractivity contribution is -0.122. The van der Waals surface area contributed by atoms with Crippen LogP contribution >= 0.6 is 15.9 Å². The number of nitrogens with one attached hydrogen (secondary N) is 1. The Bertz CT molecular complexity index is 1080. The fraction of sp³-hybridized carbons (Fsp3) is 0.321. The van der Waals surface area contributed by atoms with Crippen LogP contribution in [0.5, 0.6) is 0 Å². The minimum Gasteiger partial charge on any atom is -0.342 e. The number of hydrogen-bond donors (Lipinski definition) is 1. The Hall–Kier alpha value is -3.07. The molecule has 0 spiro atoms. The van der Waals surface area contributed by atoms with Gasteiger partial charge in [0.2, 0.25) is 6.41 Å². The van der Waals surface area contributed by atoms with Gasteiger partial charge >= 0.3 is 0 Å². The first-order valence-corrected chi connectivity index (χ1v) is 12.4. The zero-order valence-corrected chi connectivity index (χ0v) is 23.1. The molecule has 194 valence electrons. The van der Waals surface area contributed by atoms with Gasteiger partial charge in [0.1, 0.15) is 6.29 Å². The first-order valence-electron chi connectivity index (χ1n) is 11.6. The zero-order chi connectivity index (χ0) is 26.9. The van der Waals surface area contributed by atoms with E-state index < -0.39 is 0 Å². The summed E-state index contributed by atoms with van der Waals surface area (Å²) in [4.78, 5) is 35.1. The van der Waals surface area contributed by atoms with Crippen molar-refractivity contribution in [1.29, 1.82) is 0 Å². The highest BCUT2D eigenvalue weighted by molar-refractivity contribution is 9.10. The lowest BCUT2D eigenvalue weighted by atomic mass is 10.1. The second kappa shape index (κ2) is 17.4. The van der Waals surface area contributed by atoms with Crippen LogP contribution in [0.1, 0.15) is 22.8 Å². The van der Waals surface area contributed by atoms with Gasteiger partial charge in [0, 0.05) is 52.8 Å². The number of hydrogen-bond acceptors (Lipinski definition) is 5. The van der Waals surface area contributed by atoms with Gasteiger partial charge in [-0.25, -0.2) is 0 Å². The van der Waals surface area contributed by atoms with Crippen molar-refractivity contribution in [2.24, 2.45) is 0 Å². The van der Waals surface area contributed by atoms with Gasteiger partial charge in [-0.1, -0.05) is 52.3 Å². The summed E-state index contributed by atoms with van der Waals surface area (Å²) in [6.45, 7) is 8.30. The molecular formula is C28H37BrN4O3. The van der Waals surface area contributed by atoms with Gasteiger partial charge in [-0.3, -0.25) is 9.59 Å². The molecule has 36 heavy (non-hydrogen) atoms. The molecule has 4 rings (SSSR count). The predicted octanol–water partition coefficient (Wildman–Crippen LogP) is 4.40. The normalized spacial score (nSPS) is 12.1. The second-order valence-corrected chi connectivity index (χ2v) is 9.28. The quantitative estimate of drug-likeness (QED) is 0.345. The van der Waals surface area contributed by atoms with Gasteiger partial charge in [-0.15, -0.1) is 6.58 Å². The molecule has 0 atom stereocenters. The fourth-order valence-corrected chi connectivity index (χ4v) is 3.71. The summed E-state index contributed by atoms with van der Waals surface area (Å²) in [5.41, 5.74) is 2.87. The number of rotatable bonds is 7. The minimum atomic E-state index is 0.270. The van der Waals surface area contributed by atoms with E-state index in [0.29, 0.717) is 11.6 Å². The van der Waals surface area contributed by atoms with Crippen LogP contribution in [0.2, 0.25) is 0 Å². The summed E-state index contributed by atoms with van der Waals surface area (Å²) in [7, 11) is 6.06. The van der Waals surface area contributed by atoms with Crippen LogP contribution < -0.4 is 5.32 Å². The molecule has 0 saturated carbocycles. The largest absolute Gasteiger partial charge is 0.342 e. The molecule has 1 saturated heterocycles. The summed E-state index contributed by atoms with van der Waals surface area (Å²) >= 11 is 3.35. The van der Waals surface area contributed by atoms with E-state index in [1.165, 1.54) is 5.56 Å². The first kappa shape index (κ1) is 31.0. The van der Waals surface area contributed by atoms with E-state index in [1.807, 2.05) is 38.2 Å². The second-order valence-electron chi connectivity index (χ2n) is 8.36. The molecule has 7 nitrogen and oxygen atoms in total. The van der Waals surface area contributed by atoms with E-state index in [9.17, 15) is 14.4 Å². The van der Waals surface area contributed by atoms with Crippen LogP contribution in [0, 0.1) is 0 Å². The van der Waals surface area contributed by atoms with Crippen molar-refractivity contribution < 1.29 is 14.4 Å². The maximum atomic E-state index is 10.8. The Labute approximate surface area is 222 Å². The van der Waals surface area contributed by atoms with Crippen molar-refractivity contribution in [2.75, 3.05) is 34.2 Å². The summed E-state index contributed by atoms with van der Waals surface area (Å²) in [6, 6.07) is 16.6. The lowest BCUT2D eigenvalue weighted by Crippen LogP contribution is -2.56. The van der Waals surface area contributed by atoms with Crippen LogP contribution in [0.4, 0.5) is 0 Å². The highest BCUT2D eigenvalue weighted by Gasteiger charge is 2.22. The number of likely N-dealkylation sites (N-methyl/N-ethyl adjacent to an activating group) is 1. The molecule has 3 aromatic rings. The monoisotopic (exact) mass is 556 g/mol. The van der Waals surface area contributed by atoms with Crippen LogP contribution in [0.15, 0.2) is 71.9 Å². The van der Waals surface area contributed by atoms with Crippen molar-refractivity contribution in [3.05, 3.63) is 83.0 Å². The van der Waals surface area contributed by atoms with Crippen molar-refractivity contribution in [3.63, 3.8) is 0 Å². The highest BCUT2D eigenvalue weighted by atomic mass is 79.9. The molecule has 0 aliphatic carbocycles. The number of carbonyl (C=O) groups is 3. The van der Waals surface area contributed by atoms with E-state index in [0.717, 1.165) is 54.0 Å². The summed E-state index contributed by atoms with van der Waals surface area (Å²) in [6.07, 6.45) is 5.94. The molecule has 1 aromatic heterocycles. The number of carbonyl (C=O) groups excluding carboxylic acids is 3. The zero-order valence-electron chi connectivity index (χ0n) is 21.6. The van der Waals surface area contributed by atoms with Gasteiger partial charge in [-0.05, 0) is 51.8 Å². The van der Waals surface area contributed by atoms with Gasteiger partial charge in [0.05, 0.1) is 6.54 Å². The van der Waals surface area contributed by atoms with Gasteiger partial charge in [0.25, 0.3) is 0 Å². The van der Waals surface area contributed by atoms with Crippen LogP contribution in [-0.4, -0.2) is 73.6 Å². The number of aldehydes is 2. The lowest BCUT2D eigenvalue weighted by Gasteiger charge is -2.35. The van der Waals surface area contributed by atoms with Crippen molar-refractivity contribution in [3.8, 4) is 0 Å². The average Bonchev–Trinajstić information content (AvgIpc) is 3.17. The van der Waals surface area contributed by atoms with Crippen LogP contribution in [0.3, 0.4) is 0 Å². The molecule has 1 amide bonds. The molecule has 2 heterocycles. The Morgan fingerprint density at radius 1 is 1.11 bits per heavy atom. The van der Waals surface area contributed by atoms with Crippen molar-refractivity contribution in [2.45, 2.75) is 26.1 Å². The predicted molar refractivity (Wildman–Crippen MR) is 151 cm³/mol. The molecule has 1 fully saturated rings. The van der Waals surface area contributed by atoms with E-state index in [-0.39, 0.29) is 6.54 Å². The Morgan fingerprint density at radius 2 is 1.75 bits per heavy atom. The van der Waals surface area contributed by atoms with E-state index >= 15 is 0 Å². The topological polar surface area (TPSA) is 74.7 Å². The maximum Gasteiger partial charge on any atom is 0.209 e. The molecule has 8 heteroatoms. The number of nitrogens with zero attached hydrogens (tertiary/aromatic N) is 3. The number of aromatic nitrogens is 1. The number of fused-ring (bicyclic) bond motifs is 1. The molecule has 1 aliphatic heterocycles. The van der Waals surface area contributed by atoms with E-state index in [2.05, 4.69) is 71.1 Å². The number of allylic oxidation sites excluding steroid dienone is 1. The summed E-state index contributed by atoms with van der Waals surface area (Å²) in [5, 5.41) is 3.93.